The summed E-state index contributed by atoms with van der Waals surface area (Å²) in [4.78, 5) is 41.4. The number of hydrogen-bond donors (Lipinski definition) is 0. The van der Waals surface area contributed by atoms with E-state index in [-0.39, 0.29) is 23.7 Å². The Morgan fingerprint density at radius 3 is 2.52 bits per heavy atom. The number of nitrogens with zero attached hydrogens (tertiary/aromatic N) is 5. The van der Waals surface area contributed by atoms with Gasteiger partial charge >= 0.3 is 0 Å². The van der Waals surface area contributed by atoms with Crippen LogP contribution in [-0.2, 0) is 14.3 Å². The first-order chi connectivity index (χ1) is 14.0. The van der Waals surface area contributed by atoms with Crippen molar-refractivity contribution in [3.05, 3.63) is 18.5 Å². The lowest BCUT2D eigenvalue weighted by molar-refractivity contribution is -0.148. The van der Waals surface area contributed by atoms with Gasteiger partial charge in [0.15, 0.2) is 0 Å². The monoisotopic (exact) mass is 401 g/mol. The lowest BCUT2D eigenvalue weighted by Gasteiger charge is -2.38. The van der Waals surface area contributed by atoms with E-state index >= 15 is 0 Å². The highest BCUT2D eigenvalue weighted by Gasteiger charge is 2.55. The Kier molecular flexibility index (Phi) is 5.72. The highest BCUT2D eigenvalue weighted by atomic mass is 16.5. The normalized spacial score (nSPS) is 27.7. The largest absolute Gasteiger partial charge is 0.378 e. The topological polar surface area (TPSA) is 78.9 Å². The molecule has 0 spiro atoms. The van der Waals surface area contributed by atoms with E-state index in [0.29, 0.717) is 51.9 Å². The molecule has 8 nitrogen and oxygen atoms in total. The smallest absolute Gasteiger partial charge is 0.231 e. The molecule has 3 saturated heterocycles. The lowest BCUT2D eigenvalue weighted by atomic mass is 9.73. The van der Waals surface area contributed by atoms with E-state index < -0.39 is 5.41 Å². The van der Waals surface area contributed by atoms with Gasteiger partial charge in [0.1, 0.15) is 0 Å². The zero-order chi connectivity index (χ0) is 20.4. The minimum atomic E-state index is -0.497. The molecule has 0 unspecified atom stereocenters. The van der Waals surface area contributed by atoms with E-state index in [1.54, 1.807) is 18.5 Å². The Balaban J connectivity index is 1.64. The molecule has 29 heavy (non-hydrogen) atoms. The van der Waals surface area contributed by atoms with Crippen molar-refractivity contribution in [2.45, 2.75) is 26.7 Å². The molecule has 1 aromatic rings. The first-order valence-electron chi connectivity index (χ1n) is 10.7. The predicted octanol–water partition coefficient (Wildman–Crippen LogP) is 1.04. The fourth-order valence-corrected chi connectivity index (χ4v) is 5.04. The van der Waals surface area contributed by atoms with Crippen LogP contribution in [0.3, 0.4) is 0 Å². The Bertz CT molecular complexity index is 737. The molecule has 0 N–H and O–H groups in total. The predicted molar refractivity (Wildman–Crippen MR) is 108 cm³/mol. The van der Waals surface area contributed by atoms with E-state index in [0.717, 1.165) is 19.4 Å². The van der Waals surface area contributed by atoms with Gasteiger partial charge in [0.25, 0.3) is 0 Å². The van der Waals surface area contributed by atoms with Gasteiger partial charge in [-0.2, -0.15) is 0 Å². The van der Waals surface area contributed by atoms with Crippen LogP contribution >= 0.6 is 0 Å². The second kappa shape index (κ2) is 8.26. The Labute approximate surface area is 172 Å². The highest BCUT2D eigenvalue weighted by Crippen LogP contribution is 2.45. The maximum atomic E-state index is 13.8. The third kappa shape index (κ3) is 3.82. The first kappa shape index (κ1) is 20.1. The van der Waals surface area contributed by atoms with Gasteiger partial charge in [0.2, 0.25) is 17.8 Å². The Morgan fingerprint density at radius 1 is 1.10 bits per heavy atom. The molecule has 2 amide bonds. The summed E-state index contributed by atoms with van der Waals surface area (Å²) in [7, 11) is 0. The Morgan fingerprint density at radius 2 is 1.83 bits per heavy atom. The number of rotatable bonds is 3. The van der Waals surface area contributed by atoms with Crippen LogP contribution in [-0.4, -0.2) is 84.1 Å². The third-order valence-corrected chi connectivity index (χ3v) is 6.55. The quantitative estimate of drug-likeness (QED) is 0.753. The van der Waals surface area contributed by atoms with Gasteiger partial charge in [0.05, 0.1) is 18.6 Å². The number of likely N-dealkylation sites (tertiary alicyclic amines) is 1. The number of hydrogen-bond acceptors (Lipinski definition) is 6. The number of carbonyl (C=O) groups is 2. The summed E-state index contributed by atoms with van der Waals surface area (Å²) in [6, 6.07) is 1.80. The van der Waals surface area contributed by atoms with Crippen molar-refractivity contribution in [2.24, 2.45) is 17.3 Å². The van der Waals surface area contributed by atoms with Crippen LogP contribution in [0.1, 0.15) is 26.7 Å². The molecule has 0 radical (unpaired) electrons. The van der Waals surface area contributed by atoms with Crippen molar-refractivity contribution >= 4 is 17.8 Å². The van der Waals surface area contributed by atoms with Crippen LogP contribution in [0.25, 0.3) is 0 Å². The molecular formula is C21H31N5O3. The Hall–Kier alpha value is -2.22. The molecule has 4 rings (SSSR count). The molecule has 8 heteroatoms. The SMILES string of the molecule is CC(C)C(=O)N1CCC[C@]2(C(=O)N3CCOCC3)CN(c3ncccn3)C[C@@H]2C1. The van der Waals surface area contributed by atoms with E-state index in [2.05, 4.69) is 14.9 Å². The van der Waals surface area contributed by atoms with Crippen molar-refractivity contribution in [3.63, 3.8) is 0 Å². The summed E-state index contributed by atoms with van der Waals surface area (Å²) in [5, 5.41) is 0. The van der Waals surface area contributed by atoms with Crippen LogP contribution < -0.4 is 4.90 Å². The van der Waals surface area contributed by atoms with Crippen molar-refractivity contribution in [3.8, 4) is 0 Å². The second-order valence-corrected chi connectivity index (χ2v) is 8.73. The molecule has 3 aliphatic rings. The summed E-state index contributed by atoms with van der Waals surface area (Å²) in [5.74, 6) is 1.09. The number of fused-ring (bicyclic) bond motifs is 1. The number of ether oxygens (including phenoxy) is 1. The fraction of sp³-hybridized carbons (Fsp3) is 0.714. The summed E-state index contributed by atoms with van der Waals surface area (Å²) < 4.78 is 5.46. The number of amides is 2. The number of morpholine rings is 1. The van der Waals surface area contributed by atoms with Gasteiger partial charge in [-0.15, -0.1) is 0 Å². The van der Waals surface area contributed by atoms with E-state index in [4.69, 9.17) is 4.74 Å². The van der Waals surface area contributed by atoms with E-state index in [1.165, 1.54) is 0 Å². The maximum absolute atomic E-state index is 13.8. The molecule has 1 aromatic heterocycles. The maximum Gasteiger partial charge on any atom is 0.231 e. The summed E-state index contributed by atoms with van der Waals surface area (Å²) >= 11 is 0. The third-order valence-electron chi connectivity index (χ3n) is 6.55. The summed E-state index contributed by atoms with van der Waals surface area (Å²) in [6.07, 6.45) is 5.11. The molecule has 158 valence electrons. The van der Waals surface area contributed by atoms with Crippen LogP contribution in [0.5, 0.6) is 0 Å². The number of carbonyl (C=O) groups excluding carboxylic acids is 2. The summed E-state index contributed by atoms with van der Waals surface area (Å²) in [5.41, 5.74) is -0.497. The molecule has 0 aromatic carbocycles. The molecule has 2 atom stereocenters. The molecule has 0 aliphatic carbocycles. The van der Waals surface area contributed by atoms with Crippen LogP contribution in [0.2, 0.25) is 0 Å². The van der Waals surface area contributed by atoms with Gasteiger partial charge in [-0.1, -0.05) is 13.8 Å². The van der Waals surface area contributed by atoms with Crippen LogP contribution in [0, 0.1) is 17.3 Å². The summed E-state index contributed by atoms with van der Waals surface area (Å²) in [6.45, 7) is 9.02. The van der Waals surface area contributed by atoms with Crippen molar-refractivity contribution in [2.75, 3.05) is 57.4 Å². The number of anilines is 1. The molecular weight excluding hydrogens is 370 g/mol. The van der Waals surface area contributed by atoms with E-state index in [1.807, 2.05) is 23.6 Å². The molecule has 0 saturated carbocycles. The fourth-order valence-electron chi connectivity index (χ4n) is 5.04. The van der Waals surface area contributed by atoms with Crippen molar-refractivity contribution in [1.29, 1.82) is 0 Å². The van der Waals surface area contributed by atoms with Crippen LogP contribution in [0.4, 0.5) is 5.95 Å². The molecule has 3 aliphatic heterocycles. The lowest BCUT2D eigenvalue weighted by Crippen LogP contribution is -2.53. The van der Waals surface area contributed by atoms with Gasteiger partial charge < -0.3 is 19.4 Å². The minimum Gasteiger partial charge on any atom is -0.378 e. The average Bonchev–Trinajstić information content (AvgIpc) is 3.02. The van der Waals surface area contributed by atoms with Gasteiger partial charge in [0, 0.05) is 63.5 Å². The van der Waals surface area contributed by atoms with Gasteiger partial charge in [-0.25, -0.2) is 9.97 Å². The molecule has 0 bridgehead atoms. The first-order valence-corrected chi connectivity index (χ1v) is 10.7. The number of aromatic nitrogens is 2. The average molecular weight is 402 g/mol. The minimum absolute atomic E-state index is 0.0348. The van der Waals surface area contributed by atoms with Crippen molar-refractivity contribution in [1.82, 2.24) is 19.8 Å². The second-order valence-electron chi connectivity index (χ2n) is 8.73. The zero-order valence-electron chi connectivity index (χ0n) is 17.4. The standard InChI is InChI=1S/C21H31N5O3/c1-16(2)18(27)25-8-3-5-21(19(28)24-9-11-29-12-10-24)15-26(14-17(21)13-25)20-22-6-4-7-23-20/h4,6-7,16-17H,3,5,8-15H2,1-2H3/t17-,21-/m0/s1. The molecule has 4 heterocycles. The van der Waals surface area contributed by atoms with Gasteiger partial charge in [-0.3, -0.25) is 9.59 Å². The molecule has 3 fully saturated rings. The van der Waals surface area contributed by atoms with Crippen molar-refractivity contribution < 1.29 is 14.3 Å². The van der Waals surface area contributed by atoms with Crippen LogP contribution in [0.15, 0.2) is 18.5 Å². The highest BCUT2D eigenvalue weighted by molar-refractivity contribution is 5.85. The zero-order valence-corrected chi connectivity index (χ0v) is 17.4. The van der Waals surface area contributed by atoms with E-state index in [9.17, 15) is 9.59 Å². The van der Waals surface area contributed by atoms with Gasteiger partial charge in [-0.05, 0) is 18.9 Å².